The van der Waals surface area contributed by atoms with Crippen LogP contribution in [0.4, 0.5) is 0 Å². The molecule has 0 bridgehead atoms. The molecule has 8 heteroatoms. The van der Waals surface area contributed by atoms with Crippen LogP contribution in [-0.4, -0.2) is 49.7 Å². The van der Waals surface area contributed by atoms with Crippen LogP contribution in [0.5, 0.6) is 0 Å². The largest absolute Gasteiger partial charge is 0.377 e. The fourth-order valence-electron chi connectivity index (χ4n) is 2.32. The van der Waals surface area contributed by atoms with Gasteiger partial charge in [-0.1, -0.05) is 0 Å². The highest BCUT2D eigenvalue weighted by Crippen LogP contribution is 2.25. The summed E-state index contributed by atoms with van der Waals surface area (Å²) in [6.45, 7) is 3.37. The Hall–Kier alpha value is -1.80. The average Bonchev–Trinajstić information content (AvgIpc) is 3.06. The number of nitrogens with zero attached hydrogens (tertiary/aromatic N) is 5. The van der Waals surface area contributed by atoms with Crippen molar-refractivity contribution in [3.05, 3.63) is 28.8 Å². The smallest absolute Gasteiger partial charge is 0.257 e. The first-order valence-corrected chi connectivity index (χ1v) is 7.15. The highest BCUT2D eigenvalue weighted by Gasteiger charge is 2.33. The number of aryl methyl sites for hydroxylation is 2. The predicted molar refractivity (Wildman–Crippen MR) is 72.5 cm³/mol. The second-order valence-corrected chi connectivity index (χ2v) is 5.27. The molecule has 2 aromatic heterocycles. The molecule has 1 amide bonds. The Bertz CT molecular complexity index is 623. The first kappa shape index (κ1) is 13.2. The van der Waals surface area contributed by atoms with Crippen LogP contribution < -0.4 is 0 Å². The Morgan fingerprint density at radius 1 is 1.55 bits per heavy atom. The van der Waals surface area contributed by atoms with Gasteiger partial charge in [0.05, 0.1) is 24.5 Å². The number of morpholine rings is 1. The molecule has 1 unspecified atom stereocenters. The minimum atomic E-state index is -0.206. The maximum absolute atomic E-state index is 12.7. The molecule has 1 atom stereocenters. The van der Waals surface area contributed by atoms with Crippen LogP contribution in [0.15, 0.2) is 11.7 Å². The fourth-order valence-corrected chi connectivity index (χ4v) is 3.01. The lowest BCUT2D eigenvalue weighted by Crippen LogP contribution is -2.44. The molecule has 0 spiro atoms. The molecule has 0 aliphatic carbocycles. The topological polar surface area (TPSA) is 73.1 Å². The maximum Gasteiger partial charge on any atom is 0.257 e. The first-order valence-electron chi connectivity index (χ1n) is 6.32. The summed E-state index contributed by atoms with van der Waals surface area (Å²) in [5.74, 6) is 0.714. The van der Waals surface area contributed by atoms with E-state index in [4.69, 9.17) is 4.74 Å². The predicted octanol–water partition coefficient (Wildman–Crippen LogP) is 0.794. The Morgan fingerprint density at radius 2 is 2.40 bits per heavy atom. The fraction of sp³-hybridized carbons (Fsp3) is 0.500. The number of aromatic nitrogens is 4. The zero-order valence-corrected chi connectivity index (χ0v) is 12.1. The van der Waals surface area contributed by atoms with Gasteiger partial charge in [0.25, 0.3) is 5.91 Å². The second-order valence-electron chi connectivity index (χ2n) is 4.64. The lowest BCUT2D eigenvalue weighted by molar-refractivity contribution is -0.00621. The number of hydrogen-bond donors (Lipinski definition) is 0. The summed E-state index contributed by atoms with van der Waals surface area (Å²) >= 11 is 1.30. The molecule has 3 rings (SSSR count). The van der Waals surface area contributed by atoms with Crippen LogP contribution in [0.25, 0.3) is 0 Å². The SMILES string of the molecule is Cc1nscc1C(=O)N1CCOCC1c1ncnn1C. The van der Waals surface area contributed by atoms with Crippen molar-refractivity contribution < 1.29 is 9.53 Å². The van der Waals surface area contributed by atoms with E-state index in [1.165, 1.54) is 17.9 Å². The third kappa shape index (κ3) is 2.20. The molecular weight excluding hydrogens is 278 g/mol. The van der Waals surface area contributed by atoms with Gasteiger partial charge in [-0.05, 0) is 18.5 Å². The quantitative estimate of drug-likeness (QED) is 0.818. The molecule has 1 aliphatic heterocycles. The van der Waals surface area contributed by atoms with Crippen LogP contribution in [-0.2, 0) is 11.8 Å². The van der Waals surface area contributed by atoms with E-state index in [-0.39, 0.29) is 11.9 Å². The Labute approximate surface area is 120 Å². The normalized spacial score (nSPS) is 19.3. The van der Waals surface area contributed by atoms with Gasteiger partial charge in [0.2, 0.25) is 0 Å². The number of ether oxygens (including phenoxy) is 1. The van der Waals surface area contributed by atoms with Gasteiger partial charge >= 0.3 is 0 Å². The van der Waals surface area contributed by atoms with Gasteiger partial charge in [0.1, 0.15) is 12.4 Å². The third-order valence-corrected chi connectivity index (χ3v) is 4.13. The van der Waals surface area contributed by atoms with E-state index >= 15 is 0 Å². The summed E-state index contributed by atoms with van der Waals surface area (Å²) in [5.41, 5.74) is 1.42. The van der Waals surface area contributed by atoms with E-state index in [9.17, 15) is 4.79 Å². The van der Waals surface area contributed by atoms with Crippen molar-refractivity contribution >= 4 is 17.4 Å². The van der Waals surface area contributed by atoms with Gasteiger partial charge in [-0.25, -0.2) is 4.98 Å². The molecule has 0 radical (unpaired) electrons. The van der Waals surface area contributed by atoms with Crippen molar-refractivity contribution in [2.24, 2.45) is 7.05 Å². The number of hydrogen-bond acceptors (Lipinski definition) is 6. The Kier molecular flexibility index (Phi) is 3.49. The van der Waals surface area contributed by atoms with Crippen molar-refractivity contribution in [2.75, 3.05) is 19.8 Å². The van der Waals surface area contributed by atoms with E-state index < -0.39 is 0 Å². The standard InChI is InChI=1S/C12H15N5O2S/c1-8-9(6-20-15-8)12(18)17-3-4-19-5-10(17)11-13-7-14-16(11)2/h6-7,10H,3-5H2,1-2H3. The van der Waals surface area contributed by atoms with Gasteiger partial charge in [-0.15, -0.1) is 0 Å². The Morgan fingerprint density at radius 3 is 3.05 bits per heavy atom. The molecule has 1 saturated heterocycles. The van der Waals surface area contributed by atoms with E-state index in [2.05, 4.69) is 14.5 Å². The number of rotatable bonds is 2. The molecule has 1 fully saturated rings. The van der Waals surface area contributed by atoms with Gasteiger partial charge in [0, 0.05) is 19.0 Å². The van der Waals surface area contributed by atoms with Crippen molar-refractivity contribution in [1.29, 1.82) is 0 Å². The van der Waals surface area contributed by atoms with Crippen molar-refractivity contribution in [2.45, 2.75) is 13.0 Å². The molecule has 1 aliphatic rings. The zero-order chi connectivity index (χ0) is 14.1. The first-order chi connectivity index (χ1) is 9.68. The zero-order valence-electron chi connectivity index (χ0n) is 11.3. The molecule has 106 valence electrons. The lowest BCUT2D eigenvalue weighted by Gasteiger charge is -2.34. The highest BCUT2D eigenvalue weighted by atomic mass is 32.1. The molecule has 7 nitrogen and oxygen atoms in total. The van der Waals surface area contributed by atoms with Crippen LogP contribution in [0.1, 0.15) is 27.9 Å². The highest BCUT2D eigenvalue weighted by molar-refractivity contribution is 7.03. The summed E-state index contributed by atoms with van der Waals surface area (Å²) in [6, 6.07) is -0.206. The van der Waals surface area contributed by atoms with E-state index in [1.807, 2.05) is 14.0 Å². The van der Waals surface area contributed by atoms with Gasteiger partial charge in [0.15, 0.2) is 5.82 Å². The van der Waals surface area contributed by atoms with E-state index in [0.29, 0.717) is 25.3 Å². The number of carbonyl (C=O) groups excluding carboxylic acids is 1. The van der Waals surface area contributed by atoms with Gasteiger partial charge < -0.3 is 9.64 Å². The molecule has 0 aromatic carbocycles. The summed E-state index contributed by atoms with van der Waals surface area (Å²) in [4.78, 5) is 18.7. The lowest BCUT2D eigenvalue weighted by atomic mass is 10.1. The van der Waals surface area contributed by atoms with Crippen LogP contribution in [0.3, 0.4) is 0 Å². The molecule has 3 heterocycles. The summed E-state index contributed by atoms with van der Waals surface area (Å²) in [6.07, 6.45) is 1.49. The van der Waals surface area contributed by atoms with E-state index in [0.717, 1.165) is 11.5 Å². The summed E-state index contributed by atoms with van der Waals surface area (Å²) in [5, 5.41) is 5.86. The molecule has 0 saturated carbocycles. The molecule has 20 heavy (non-hydrogen) atoms. The maximum atomic E-state index is 12.7. The number of amides is 1. The minimum Gasteiger partial charge on any atom is -0.377 e. The van der Waals surface area contributed by atoms with Crippen LogP contribution in [0, 0.1) is 6.92 Å². The monoisotopic (exact) mass is 293 g/mol. The van der Waals surface area contributed by atoms with Crippen molar-refractivity contribution in [3.8, 4) is 0 Å². The van der Waals surface area contributed by atoms with Gasteiger partial charge in [-0.2, -0.15) is 9.47 Å². The minimum absolute atomic E-state index is 0.0208. The van der Waals surface area contributed by atoms with Gasteiger partial charge in [-0.3, -0.25) is 9.48 Å². The molecule has 0 N–H and O–H groups in total. The average molecular weight is 293 g/mol. The van der Waals surface area contributed by atoms with E-state index in [1.54, 1.807) is 15.0 Å². The van der Waals surface area contributed by atoms with Crippen molar-refractivity contribution in [3.63, 3.8) is 0 Å². The summed E-state index contributed by atoms with van der Waals surface area (Å²) in [7, 11) is 1.82. The van der Waals surface area contributed by atoms with Crippen molar-refractivity contribution in [1.82, 2.24) is 24.0 Å². The third-order valence-electron chi connectivity index (χ3n) is 3.41. The Balaban J connectivity index is 1.92. The van der Waals surface area contributed by atoms with Crippen LogP contribution >= 0.6 is 11.5 Å². The molecule has 2 aromatic rings. The number of carbonyl (C=O) groups is 1. The van der Waals surface area contributed by atoms with Crippen LogP contribution in [0.2, 0.25) is 0 Å². The molecular formula is C12H15N5O2S. The summed E-state index contributed by atoms with van der Waals surface area (Å²) < 4.78 is 11.3. The second kappa shape index (κ2) is 5.29.